The molecular weight excluding hydrogens is 370 g/mol. The first-order chi connectivity index (χ1) is 13.8. The standard InChI is InChI=1S/C22H25N3O4/c1-14-13-16(29-4)5-6-17(14)20(26)18-19(15-7-9-23-10-8-15)25(12-11-24(2)3)22(28)21(18)27/h5-10,13,19,26H,11-12H2,1-4H3/t19-/m0/s1. The molecule has 1 saturated heterocycles. The van der Waals surface area contributed by atoms with Crippen LogP contribution in [-0.2, 0) is 9.59 Å². The van der Waals surface area contributed by atoms with Crippen LogP contribution in [0.2, 0.25) is 0 Å². The van der Waals surface area contributed by atoms with Gasteiger partial charge in [-0.25, -0.2) is 0 Å². The van der Waals surface area contributed by atoms with Crippen LogP contribution in [0.1, 0.15) is 22.7 Å². The van der Waals surface area contributed by atoms with Crippen molar-refractivity contribution in [2.45, 2.75) is 13.0 Å². The van der Waals surface area contributed by atoms with E-state index in [9.17, 15) is 14.7 Å². The molecule has 7 heteroatoms. The van der Waals surface area contributed by atoms with Gasteiger partial charge in [0, 0.05) is 31.0 Å². The molecule has 0 radical (unpaired) electrons. The number of ether oxygens (including phenoxy) is 1. The first-order valence-corrected chi connectivity index (χ1v) is 9.33. The molecule has 0 bridgehead atoms. The number of likely N-dealkylation sites (N-methyl/N-ethyl adjacent to an activating group) is 1. The molecule has 0 aliphatic carbocycles. The van der Waals surface area contributed by atoms with Crippen LogP contribution in [0.15, 0.2) is 48.3 Å². The number of pyridine rings is 1. The van der Waals surface area contributed by atoms with Crippen LogP contribution in [-0.4, -0.2) is 65.9 Å². The van der Waals surface area contributed by atoms with Gasteiger partial charge in [-0.05, 0) is 62.5 Å². The van der Waals surface area contributed by atoms with Crippen LogP contribution in [0.5, 0.6) is 5.75 Å². The van der Waals surface area contributed by atoms with Crippen molar-refractivity contribution in [1.29, 1.82) is 0 Å². The van der Waals surface area contributed by atoms with Crippen molar-refractivity contribution in [3.05, 3.63) is 65.0 Å². The maximum Gasteiger partial charge on any atom is 0.295 e. The number of methoxy groups -OCH3 is 1. The fourth-order valence-corrected chi connectivity index (χ4v) is 3.48. The molecule has 1 N–H and O–H groups in total. The predicted octanol–water partition coefficient (Wildman–Crippen LogP) is 2.38. The number of benzene rings is 1. The van der Waals surface area contributed by atoms with Gasteiger partial charge >= 0.3 is 0 Å². The second kappa shape index (κ2) is 8.45. The van der Waals surface area contributed by atoms with Crippen LogP contribution in [0.3, 0.4) is 0 Å². The fraction of sp³-hybridized carbons (Fsp3) is 0.318. The Hall–Kier alpha value is -3.19. The van der Waals surface area contributed by atoms with Crippen molar-refractivity contribution >= 4 is 17.4 Å². The lowest BCUT2D eigenvalue weighted by Gasteiger charge is -2.26. The predicted molar refractivity (Wildman–Crippen MR) is 110 cm³/mol. The van der Waals surface area contributed by atoms with E-state index in [1.807, 2.05) is 25.9 Å². The van der Waals surface area contributed by atoms with Crippen LogP contribution < -0.4 is 4.74 Å². The number of aliphatic hydroxyl groups excluding tert-OH is 1. The molecule has 1 aliphatic rings. The third kappa shape index (κ3) is 4.00. The number of nitrogens with zero attached hydrogens (tertiary/aromatic N) is 3. The second-order valence-corrected chi connectivity index (χ2v) is 7.26. The van der Waals surface area contributed by atoms with Crippen molar-refractivity contribution in [2.24, 2.45) is 0 Å². The number of aliphatic hydroxyl groups is 1. The lowest BCUT2D eigenvalue weighted by atomic mass is 9.94. The zero-order chi connectivity index (χ0) is 21.1. The van der Waals surface area contributed by atoms with Crippen molar-refractivity contribution < 1.29 is 19.4 Å². The van der Waals surface area contributed by atoms with Crippen LogP contribution in [0.25, 0.3) is 5.76 Å². The third-order valence-electron chi connectivity index (χ3n) is 5.04. The molecule has 29 heavy (non-hydrogen) atoms. The van der Waals surface area contributed by atoms with E-state index in [0.717, 1.165) is 11.1 Å². The van der Waals surface area contributed by atoms with Gasteiger partial charge in [-0.1, -0.05) is 0 Å². The van der Waals surface area contributed by atoms with Gasteiger partial charge in [-0.3, -0.25) is 14.6 Å². The molecule has 1 fully saturated rings. The average molecular weight is 395 g/mol. The quantitative estimate of drug-likeness (QED) is 0.459. The van der Waals surface area contributed by atoms with Crippen molar-refractivity contribution in [1.82, 2.24) is 14.8 Å². The Balaban J connectivity index is 2.15. The lowest BCUT2D eigenvalue weighted by molar-refractivity contribution is -0.140. The third-order valence-corrected chi connectivity index (χ3v) is 5.04. The van der Waals surface area contributed by atoms with Gasteiger partial charge < -0.3 is 19.6 Å². The van der Waals surface area contributed by atoms with Crippen LogP contribution in [0.4, 0.5) is 0 Å². The summed E-state index contributed by atoms with van der Waals surface area (Å²) in [5.74, 6) is -0.825. The molecule has 2 heterocycles. The van der Waals surface area contributed by atoms with E-state index in [2.05, 4.69) is 4.98 Å². The molecule has 1 amide bonds. The van der Waals surface area contributed by atoms with E-state index in [0.29, 0.717) is 24.4 Å². The topological polar surface area (TPSA) is 83.0 Å². The summed E-state index contributed by atoms with van der Waals surface area (Å²) in [6.07, 6.45) is 3.22. The first-order valence-electron chi connectivity index (χ1n) is 9.33. The highest BCUT2D eigenvalue weighted by molar-refractivity contribution is 6.46. The summed E-state index contributed by atoms with van der Waals surface area (Å²) in [5, 5.41) is 11.1. The summed E-state index contributed by atoms with van der Waals surface area (Å²) in [4.78, 5) is 33.2. The summed E-state index contributed by atoms with van der Waals surface area (Å²) in [5.41, 5.74) is 2.06. The highest BCUT2D eigenvalue weighted by atomic mass is 16.5. The van der Waals surface area contributed by atoms with Crippen molar-refractivity contribution in [3.8, 4) is 5.75 Å². The van der Waals surface area contributed by atoms with E-state index in [1.165, 1.54) is 4.90 Å². The zero-order valence-corrected chi connectivity index (χ0v) is 17.0. The van der Waals surface area contributed by atoms with Crippen LogP contribution in [0, 0.1) is 6.92 Å². The largest absolute Gasteiger partial charge is 0.507 e. The molecule has 1 atom stereocenters. The fourth-order valence-electron chi connectivity index (χ4n) is 3.48. The summed E-state index contributed by atoms with van der Waals surface area (Å²) in [6, 6.07) is 8.03. The number of hydrogen-bond acceptors (Lipinski definition) is 6. The first kappa shape index (κ1) is 20.5. The van der Waals surface area contributed by atoms with Gasteiger partial charge in [-0.15, -0.1) is 0 Å². The van der Waals surface area contributed by atoms with E-state index >= 15 is 0 Å². The average Bonchev–Trinajstić information content (AvgIpc) is 2.97. The van der Waals surface area contributed by atoms with Gasteiger partial charge in [-0.2, -0.15) is 0 Å². The molecular formula is C22H25N3O4. The highest BCUT2D eigenvalue weighted by Crippen LogP contribution is 2.39. The summed E-state index contributed by atoms with van der Waals surface area (Å²) >= 11 is 0. The van der Waals surface area contributed by atoms with Crippen molar-refractivity contribution in [3.63, 3.8) is 0 Å². The van der Waals surface area contributed by atoms with Gasteiger partial charge in [0.05, 0.1) is 18.7 Å². The summed E-state index contributed by atoms with van der Waals surface area (Å²) in [6.45, 7) is 2.78. The number of Topliss-reactive ketones (excluding diaryl/α,β-unsaturated/α-hetero) is 1. The van der Waals surface area contributed by atoms with Gasteiger partial charge in [0.1, 0.15) is 11.5 Å². The van der Waals surface area contributed by atoms with E-state index in [4.69, 9.17) is 4.74 Å². The molecule has 0 unspecified atom stereocenters. The number of likely N-dealkylation sites (tertiary alicyclic amines) is 1. The normalized spacial score (nSPS) is 18.5. The Morgan fingerprint density at radius 3 is 2.48 bits per heavy atom. The van der Waals surface area contributed by atoms with Gasteiger partial charge in [0.2, 0.25) is 0 Å². The molecule has 152 valence electrons. The SMILES string of the molecule is COc1ccc(C(O)=C2C(=O)C(=O)N(CCN(C)C)[C@H]2c2ccncc2)c(C)c1. The minimum atomic E-state index is -0.682. The summed E-state index contributed by atoms with van der Waals surface area (Å²) in [7, 11) is 5.37. The number of aryl methyl sites for hydroxylation is 1. The second-order valence-electron chi connectivity index (χ2n) is 7.26. The monoisotopic (exact) mass is 395 g/mol. The smallest absolute Gasteiger partial charge is 0.295 e. The van der Waals surface area contributed by atoms with E-state index < -0.39 is 17.7 Å². The van der Waals surface area contributed by atoms with Gasteiger partial charge in [0.25, 0.3) is 11.7 Å². The minimum absolute atomic E-state index is 0.0909. The number of carbonyl (C=O) groups excluding carboxylic acids is 2. The molecule has 7 nitrogen and oxygen atoms in total. The van der Waals surface area contributed by atoms with Gasteiger partial charge in [0.15, 0.2) is 0 Å². The number of carbonyl (C=O) groups is 2. The molecule has 1 aromatic carbocycles. The lowest BCUT2D eigenvalue weighted by Crippen LogP contribution is -2.35. The molecule has 3 rings (SSSR count). The number of amides is 1. The minimum Gasteiger partial charge on any atom is -0.507 e. The Labute approximate surface area is 170 Å². The maximum atomic E-state index is 12.9. The van der Waals surface area contributed by atoms with Crippen molar-refractivity contribution in [2.75, 3.05) is 34.3 Å². The Bertz CT molecular complexity index is 954. The molecule has 0 spiro atoms. The Kier molecular flexibility index (Phi) is 5.98. The molecule has 1 aromatic heterocycles. The zero-order valence-electron chi connectivity index (χ0n) is 17.0. The molecule has 2 aromatic rings. The maximum absolute atomic E-state index is 12.9. The Morgan fingerprint density at radius 1 is 1.21 bits per heavy atom. The molecule has 1 aliphatic heterocycles. The Morgan fingerprint density at radius 2 is 1.90 bits per heavy atom. The number of hydrogen-bond donors (Lipinski definition) is 1. The number of aromatic nitrogens is 1. The van der Waals surface area contributed by atoms with E-state index in [1.54, 1.807) is 49.8 Å². The number of ketones is 1. The molecule has 0 saturated carbocycles. The van der Waals surface area contributed by atoms with Crippen LogP contribution >= 0.6 is 0 Å². The summed E-state index contributed by atoms with van der Waals surface area (Å²) < 4.78 is 5.22. The number of rotatable bonds is 6. The highest BCUT2D eigenvalue weighted by Gasteiger charge is 2.46. The van der Waals surface area contributed by atoms with E-state index in [-0.39, 0.29) is 11.3 Å².